The Labute approximate surface area is 165 Å². The SMILES string of the molecule is CCC(C)Oc1c2cccc(Cl)c2c(OC(C)CC)c2c(Cl)cccc12. The molecule has 26 heavy (non-hydrogen) atoms. The van der Waals surface area contributed by atoms with Crippen molar-refractivity contribution in [1.29, 1.82) is 0 Å². The summed E-state index contributed by atoms with van der Waals surface area (Å²) in [6, 6.07) is 11.7. The van der Waals surface area contributed by atoms with Gasteiger partial charge in [0.15, 0.2) is 0 Å². The van der Waals surface area contributed by atoms with Gasteiger partial charge in [-0.1, -0.05) is 61.3 Å². The number of hydrogen-bond acceptors (Lipinski definition) is 2. The molecule has 0 aliphatic rings. The van der Waals surface area contributed by atoms with Crippen molar-refractivity contribution in [2.45, 2.75) is 52.7 Å². The van der Waals surface area contributed by atoms with Crippen LogP contribution in [0.15, 0.2) is 36.4 Å². The molecule has 0 aliphatic heterocycles. The van der Waals surface area contributed by atoms with Gasteiger partial charge in [-0.05, 0) is 38.8 Å². The van der Waals surface area contributed by atoms with Crippen LogP contribution in [0.4, 0.5) is 0 Å². The van der Waals surface area contributed by atoms with E-state index in [4.69, 9.17) is 32.7 Å². The van der Waals surface area contributed by atoms with Gasteiger partial charge in [-0.2, -0.15) is 0 Å². The molecule has 0 aliphatic carbocycles. The van der Waals surface area contributed by atoms with E-state index in [1.54, 1.807) is 0 Å². The molecule has 3 rings (SSSR count). The summed E-state index contributed by atoms with van der Waals surface area (Å²) in [6.45, 7) is 8.32. The molecule has 0 bridgehead atoms. The zero-order valence-electron chi connectivity index (χ0n) is 15.6. The topological polar surface area (TPSA) is 18.5 Å². The molecule has 4 heteroatoms. The predicted molar refractivity (Wildman–Crippen MR) is 112 cm³/mol. The monoisotopic (exact) mass is 390 g/mol. The van der Waals surface area contributed by atoms with E-state index in [2.05, 4.69) is 27.7 Å². The first kappa shape index (κ1) is 19.1. The van der Waals surface area contributed by atoms with Gasteiger partial charge in [0.25, 0.3) is 0 Å². The van der Waals surface area contributed by atoms with Crippen molar-refractivity contribution < 1.29 is 9.47 Å². The van der Waals surface area contributed by atoms with Gasteiger partial charge in [0.05, 0.1) is 22.3 Å². The minimum absolute atomic E-state index is 0.0512. The Morgan fingerprint density at radius 1 is 0.731 bits per heavy atom. The van der Waals surface area contributed by atoms with Gasteiger partial charge < -0.3 is 9.47 Å². The molecule has 0 radical (unpaired) electrons. The van der Waals surface area contributed by atoms with E-state index < -0.39 is 0 Å². The molecule has 0 saturated heterocycles. The standard InChI is InChI=1S/C22H24Cl2O2/c1-5-13(3)25-21-15-9-7-11-17(23)19(15)22(26-14(4)6-2)20-16(21)10-8-12-18(20)24/h7-14H,5-6H2,1-4H3. The van der Waals surface area contributed by atoms with Gasteiger partial charge in [-0.15, -0.1) is 0 Å². The lowest BCUT2D eigenvalue weighted by Gasteiger charge is -2.23. The number of hydrogen-bond donors (Lipinski definition) is 0. The Hall–Kier alpha value is -1.64. The predicted octanol–water partition coefficient (Wildman–Crippen LogP) is 7.65. The molecular weight excluding hydrogens is 367 g/mol. The maximum absolute atomic E-state index is 6.61. The zero-order valence-corrected chi connectivity index (χ0v) is 17.1. The average molecular weight is 391 g/mol. The molecule has 0 N–H and O–H groups in total. The summed E-state index contributed by atoms with van der Waals surface area (Å²) in [7, 11) is 0. The van der Waals surface area contributed by atoms with Crippen LogP contribution in [0.25, 0.3) is 21.5 Å². The van der Waals surface area contributed by atoms with Crippen molar-refractivity contribution in [3.63, 3.8) is 0 Å². The minimum atomic E-state index is 0.0512. The van der Waals surface area contributed by atoms with Crippen LogP contribution < -0.4 is 9.47 Å². The summed E-state index contributed by atoms with van der Waals surface area (Å²) < 4.78 is 12.6. The molecule has 2 atom stereocenters. The van der Waals surface area contributed by atoms with Crippen molar-refractivity contribution in [2.75, 3.05) is 0 Å². The lowest BCUT2D eigenvalue weighted by atomic mass is 10.00. The smallest absolute Gasteiger partial charge is 0.138 e. The number of ether oxygens (including phenoxy) is 2. The third-order valence-corrected chi connectivity index (χ3v) is 5.39. The minimum Gasteiger partial charge on any atom is -0.489 e. The highest BCUT2D eigenvalue weighted by Gasteiger charge is 2.22. The van der Waals surface area contributed by atoms with E-state index >= 15 is 0 Å². The van der Waals surface area contributed by atoms with E-state index in [1.165, 1.54) is 0 Å². The fourth-order valence-electron chi connectivity index (χ4n) is 2.97. The van der Waals surface area contributed by atoms with Crippen molar-refractivity contribution in [3.8, 4) is 11.5 Å². The zero-order chi connectivity index (χ0) is 18.8. The summed E-state index contributed by atoms with van der Waals surface area (Å²) in [5, 5.41) is 4.88. The van der Waals surface area contributed by atoms with Gasteiger partial charge >= 0.3 is 0 Å². The molecule has 0 amide bonds. The average Bonchev–Trinajstić information content (AvgIpc) is 2.63. The molecule has 0 fully saturated rings. The lowest BCUT2D eigenvalue weighted by Crippen LogP contribution is -2.13. The van der Waals surface area contributed by atoms with Crippen LogP contribution in [0.2, 0.25) is 10.0 Å². The van der Waals surface area contributed by atoms with Gasteiger partial charge in [0, 0.05) is 21.5 Å². The second kappa shape index (κ2) is 7.94. The Bertz CT molecular complexity index is 873. The van der Waals surface area contributed by atoms with Crippen LogP contribution in [-0.4, -0.2) is 12.2 Å². The van der Waals surface area contributed by atoms with Crippen LogP contribution >= 0.6 is 23.2 Å². The van der Waals surface area contributed by atoms with E-state index in [0.29, 0.717) is 10.0 Å². The lowest BCUT2D eigenvalue weighted by molar-refractivity contribution is 0.219. The van der Waals surface area contributed by atoms with E-state index in [1.807, 2.05) is 36.4 Å². The van der Waals surface area contributed by atoms with Crippen molar-refractivity contribution in [1.82, 2.24) is 0 Å². The Morgan fingerprint density at radius 3 is 1.58 bits per heavy atom. The fourth-order valence-corrected chi connectivity index (χ4v) is 3.49. The van der Waals surface area contributed by atoms with E-state index in [-0.39, 0.29) is 12.2 Å². The molecule has 3 aromatic carbocycles. The van der Waals surface area contributed by atoms with Crippen LogP contribution in [-0.2, 0) is 0 Å². The quantitative estimate of drug-likeness (QED) is 0.402. The molecule has 0 spiro atoms. The van der Waals surface area contributed by atoms with Crippen LogP contribution in [0.1, 0.15) is 40.5 Å². The second-order valence-corrected chi connectivity index (χ2v) is 7.47. The van der Waals surface area contributed by atoms with E-state index in [0.717, 1.165) is 45.9 Å². The van der Waals surface area contributed by atoms with Gasteiger partial charge in [-0.3, -0.25) is 0 Å². The van der Waals surface area contributed by atoms with Crippen molar-refractivity contribution >= 4 is 44.7 Å². The normalized spacial score (nSPS) is 13.8. The highest BCUT2D eigenvalue weighted by atomic mass is 35.5. The molecule has 0 heterocycles. The molecule has 0 saturated carbocycles. The first-order valence-electron chi connectivity index (χ1n) is 9.13. The van der Waals surface area contributed by atoms with Crippen molar-refractivity contribution in [3.05, 3.63) is 46.4 Å². The van der Waals surface area contributed by atoms with Crippen LogP contribution in [0.5, 0.6) is 11.5 Å². The summed E-state index contributed by atoms with van der Waals surface area (Å²) in [6.07, 6.45) is 1.94. The molecule has 2 nitrogen and oxygen atoms in total. The maximum Gasteiger partial charge on any atom is 0.138 e. The molecular formula is C22H24Cl2O2. The first-order chi connectivity index (χ1) is 12.5. The summed E-state index contributed by atoms with van der Waals surface area (Å²) in [4.78, 5) is 0. The maximum atomic E-state index is 6.61. The second-order valence-electron chi connectivity index (χ2n) is 6.66. The van der Waals surface area contributed by atoms with Crippen LogP contribution in [0.3, 0.4) is 0 Å². The van der Waals surface area contributed by atoms with Gasteiger partial charge in [0.1, 0.15) is 11.5 Å². The number of benzene rings is 3. The van der Waals surface area contributed by atoms with Gasteiger partial charge in [-0.25, -0.2) is 0 Å². The highest BCUT2D eigenvalue weighted by Crippen LogP contribution is 2.48. The van der Waals surface area contributed by atoms with Gasteiger partial charge in [0.2, 0.25) is 0 Å². The number of halogens is 2. The Balaban J connectivity index is 2.45. The fraction of sp³-hybridized carbons (Fsp3) is 0.364. The molecule has 2 unspecified atom stereocenters. The third kappa shape index (κ3) is 3.45. The summed E-state index contributed by atoms with van der Waals surface area (Å²) >= 11 is 13.2. The molecule has 0 aromatic heterocycles. The first-order valence-corrected chi connectivity index (χ1v) is 9.89. The van der Waals surface area contributed by atoms with Crippen molar-refractivity contribution in [2.24, 2.45) is 0 Å². The summed E-state index contributed by atoms with van der Waals surface area (Å²) in [5.41, 5.74) is 0. The number of rotatable bonds is 6. The van der Waals surface area contributed by atoms with Crippen LogP contribution in [0, 0.1) is 0 Å². The Morgan fingerprint density at radius 2 is 1.15 bits per heavy atom. The highest BCUT2D eigenvalue weighted by molar-refractivity contribution is 6.40. The largest absolute Gasteiger partial charge is 0.489 e. The number of fused-ring (bicyclic) bond motifs is 2. The molecule has 138 valence electrons. The van der Waals surface area contributed by atoms with E-state index in [9.17, 15) is 0 Å². The Kier molecular flexibility index (Phi) is 5.84. The molecule has 3 aromatic rings. The summed E-state index contributed by atoms with van der Waals surface area (Å²) in [5.74, 6) is 1.54. The third-order valence-electron chi connectivity index (χ3n) is 4.76.